The van der Waals surface area contributed by atoms with Gasteiger partial charge in [0.15, 0.2) is 0 Å². The van der Waals surface area contributed by atoms with Crippen LogP contribution in [0.3, 0.4) is 0 Å². The van der Waals surface area contributed by atoms with Crippen LogP contribution in [0.4, 0.5) is 0 Å². The minimum atomic E-state index is 0. The molecule has 0 aliphatic carbocycles. The summed E-state index contributed by atoms with van der Waals surface area (Å²) in [6.45, 7) is 0. The van der Waals surface area contributed by atoms with Crippen LogP contribution in [-0.4, -0.2) is 11.0 Å². The van der Waals surface area contributed by atoms with E-state index in [4.69, 9.17) is 0 Å². The maximum Gasteiger partial charge on any atom is 2.00 e. The van der Waals surface area contributed by atoms with E-state index in [1.807, 2.05) is 0 Å². The van der Waals surface area contributed by atoms with E-state index in [0.717, 1.165) is 0 Å². The fourth-order valence-corrected chi connectivity index (χ4v) is 0. The standard InChI is InChI=1S/Fe.2H2O.3O.V/h;2*1H2;;;;/q+2;;;3*-2;/p-1. The Bertz CT molecular complexity index is 8.04. The number of rotatable bonds is 0. The molecule has 0 aromatic heterocycles. The van der Waals surface area contributed by atoms with Crippen molar-refractivity contribution in [3.63, 3.8) is 0 Å². The molecule has 0 bridgehead atoms. The van der Waals surface area contributed by atoms with E-state index in [1.54, 1.807) is 0 Å². The van der Waals surface area contributed by atoms with E-state index in [0.29, 0.717) is 0 Å². The second-order valence-electron chi connectivity index (χ2n) is 0. The van der Waals surface area contributed by atoms with Crippen LogP contribution in [0, 0.1) is 0 Å². The average Bonchev–Trinajstić information content (AvgIpc) is 0. The summed E-state index contributed by atoms with van der Waals surface area (Å²) in [7, 11) is 0. The summed E-state index contributed by atoms with van der Waals surface area (Å²) in [4.78, 5) is 0. The van der Waals surface area contributed by atoms with Crippen LogP contribution >= 0.6 is 0 Å². The summed E-state index contributed by atoms with van der Waals surface area (Å²) in [6.07, 6.45) is 0. The second kappa shape index (κ2) is 295. The molecule has 51 valence electrons. The topological polar surface area (TPSA) is 147 Å². The zero-order valence-corrected chi connectivity index (χ0v) is 5.47. The smallest absolute Gasteiger partial charge is 2.00 e. The largest absolute Gasteiger partial charge is 2.00 e. The number of hydrogen-bond acceptors (Lipinski definition) is 1. The molecule has 0 saturated heterocycles. The van der Waals surface area contributed by atoms with Gasteiger partial charge in [-0.05, 0) is 0 Å². The monoisotopic (exact) mass is 190 g/mol. The average molecular weight is 190 g/mol. The van der Waals surface area contributed by atoms with Gasteiger partial charge in [-0.1, -0.05) is 0 Å². The molecule has 0 aliphatic rings. The molecule has 0 spiro atoms. The van der Waals surface area contributed by atoms with Gasteiger partial charge in [0.1, 0.15) is 0 Å². The fourth-order valence-electron chi connectivity index (χ4n) is 0. The second-order valence-corrected chi connectivity index (χ2v) is 0. The molecular formula is H3FeO5V-5. The first-order chi connectivity index (χ1) is 0. The van der Waals surface area contributed by atoms with E-state index < -0.39 is 0 Å². The quantitative estimate of drug-likeness (QED) is 0.426. The van der Waals surface area contributed by atoms with E-state index >= 15 is 0 Å². The van der Waals surface area contributed by atoms with E-state index in [2.05, 4.69) is 0 Å². The fraction of sp³-hybridized carbons (Fsp3) is 0. The molecule has 0 unspecified atom stereocenters. The van der Waals surface area contributed by atoms with Gasteiger partial charge in [0, 0.05) is 18.6 Å². The zero-order chi connectivity index (χ0) is 0. The Morgan fingerprint density at radius 2 is 0.714 bits per heavy atom. The van der Waals surface area contributed by atoms with Gasteiger partial charge in [-0.25, -0.2) is 0 Å². The van der Waals surface area contributed by atoms with Crippen molar-refractivity contribution in [2.75, 3.05) is 0 Å². The molecule has 0 atom stereocenters. The van der Waals surface area contributed by atoms with Crippen LogP contribution in [0.2, 0.25) is 0 Å². The molecule has 0 fully saturated rings. The van der Waals surface area contributed by atoms with Crippen LogP contribution in [0.1, 0.15) is 0 Å². The molecule has 0 amide bonds. The summed E-state index contributed by atoms with van der Waals surface area (Å²) in [6, 6.07) is 0. The molecule has 0 aromatic carbocycles. The normalized spacial score (nSPS) is 0. The number of hydrogen-bond donors (Lipinski definition) is 0. The van der Waals surface area contributed by atoms with Crippen LogP contribution in [-0.2, 0) is 52.1 Å². The summed E-state index contributed by atoms with van der Waals surface area (Å²) < 4.78 is 0. The zero-order valence-electron chi connectivity index (χ0n) is 2.97. The third-order valence-corrected chi connectivity index (χ3v) is 0. The first-order valence-electron chi connectivity index (χ1n) is 0. The minimum absolute atomic E-state index is 0. The van der Waals surface area contributed by atoms with E-state index in [-0.39, 0.29) is 63.0 Å². The molecule has 0 rings (SSSR count). The van der Waals surface area contributed by atoms with Gasteiger partial charge in [-0.3, -0.25) is 0 Å². The van der Waals surface area contributed by atoms with Gasteiger partial charge >= 0.3 is 17.1 Å². The van der Waals surface area contributed by atoms with Gasteiger partial charge in [-0.15, -0.1) is 0 Å². The van der Waals surface area contributed by atoms with Crippen molar-refractivity contribution in [2.24, 2.45) is 0 Å². The molecule has 1 radical (unpaired) electrons. The van der Waals surface area contributed by atoms with Crippen molar-refractivity contribution < 1.29 is 63.0 Å². The molecule has 0 heterocycles. The van der Waals surface area contributed by atoms with Gasteiger partial charge in [0.05, 0.1) is 0 Å². The first kappa shape index (κ1) is 461. The van der Waals surface area contributed by atoms with Crippen molar-refractivity contribution in [2.45, 2.75) is 0 Å². The predicted molar refractivity (Wildman–Crippen MR) is 7.61 cm³/mol. The Labute approximate surface area is 63.4 Å². The maximum atomic E-state index is 0. The molecular weight excluding hydrogens is 187 g/mol. The third kappa shape index (κ3) is 203. The van der Waals surface area contributed by atoms with Crippen molar-refractivity contribution in [1.82, 2.24) is 0 Å². The van der Waals surface area contributed by atoms with Gasteiger partial charge in [-0.2, -0.15) is 0 Å². The van der Waals surface area contributed by atoms with Crippen molar-refractivity contribution in [1.29, 1.82) is 0 Å². The molecule has 0 aliphatic heterocycles. The van der Waals surface area contributed by atoms with Gasteiger partial charge in [0.2, 0.25) is 0 Å². The van der Waals surface area contributed by atoms with E-state index in [9.17, 15) is 0 Å². The van der Waals surface area contributed by atoms with E-state index in [1.165, 1.54) is 0 Å². The molecule has 5 nitrogen and oxygen atoms in total. The molecule has 7 heavy (non-hydrogen) atoms. The van der Waals surface area contributed by atoms with Crippen molar-refractivity contribution in [3.05, 3.63) is 0 Å². The van der Waals surface area contributed by atoms with Gasteiger partial charge < -0.3 is 27.4 Å². The van der Waals surface area contributed by atoms with Crippen molar-refractivity contribution >= 4 is 0 Å². The van der Waals surface area contributed by atoms with Crippen LogP contribution < -0.4 is 0 Å². The summed E-state index contributed by atoms with van der Waals surface area (Å²) in [5, 5.41) is 0. The predicted octanol–water partition coefficient (Wildman–Crippen LogP) is -1.36. The van der Waals surface area contributed by atoms with Crippen LogP contribution in [0.15, 0.2) is 0 Å². The summed E-state index contributed by atoms with van der Waals surface area (Å²) in [5.74, 6) is 0. The van der Waals surface area contributed by atoms with Crippen LogP contribution in [0.5, 0.6) is 0 Å². The molecule has 7 heteroatoms. The Morgan fingerprint density at radius 1 is 0.714 bits per heavy atom. The Hall–Kier alpha value is 0.904. The first-order valence-corrected chi connectivity index (χ1v) is 0. The third-order valence-electron chi connectivity index (χ3n) is 0. The summed E-state index contributed by atoms with van der Waals surface area (Å²) in [5.41, 5.74) is 0. The molecule has 0 saturated carbocycles. The Morgan fingerprint density at radius 3 is 0.714 bits per heavy atom. The minimum Gasteiger partial charge on any atom is -2.00 e. The van der Waals surface area contributed by atoms with Crippen LogP contribution in [0.25, 0.3) is 0 Å². The Kier molecular flexibility index (Phi) is 19400. The molecule has 3 N–H and O–H groups in total. The van der Waals surface area contributed by atoms with Crippen molar-refractivity contribution in [3.8, 4) is 0 Å². The van der Waals surface area contributed by atoms with Gasteiger partial charge in [0.25, 0.3) is 0 Å². The summed E-state index contributed by atoms with van der Waals surface area (Å²) >= 11 is 0. The maximum absolute atomic E-state index is 0. The SMILES string of the molecule is O.[Fe+2].[O-2].[O-2].[O-2].[OH-].[V]. The molecule has 0 aromatic rings. The Balaban J connectivity index is 0.